The first-order valence-corrected chi connectivity index (χ1v) is 10.9. The molecule has 0 aliphatic carbocycles. The van der Waals surface area contributed by atoms with E-state index >= 15 is 0 Å². The van der Waals surface area contributed by atoms with Gasteiger partial charge in [-0.1, -0.05) is 0 Å². The fraction of sp³-hybridized carbons (Fsp3) is 0.529. The molecule has 0 saturated carbocycles. The van der Waals surface area contributed by atoms with Crippen molar-refractivity contribution in [2.75, 3.05) is 33.3 Å². The number of methoxy groups -OCH3 is 1. The van der Waals surface area contributed by atoms with Gasteiger partial charge in [0.2, 0.25) is 15.9 Å². The predicted molar refractivity (Wildman–Crippen MR) is 104 cm³/mol. The van der Waals surface area contributed by atoms with Gasteiger partial charge in [0.1, 0.15) is 0 Å². The molecule has 1 unspecified atom stereocenters. The van der Waals surface area contributed by atoms with Crippen LogP contribution in [0.1, 0.15) is 29.6 Å². The lowest BCUT2D eigenvalue weighted by atomic mass is 9.97. The molecule has 2 rings (SSSR count). The summed E-state index contributed by atoms with van der Waals surface area (Å²) in [5, 5.41) is 0. The first-order valence-electron chi connectivity index (χ1n) is 8.64. The maximum atomic E-state index is 12.4. The molecule has 1 saturated heterocycles. The topological polar surface area (TPSA) is 119 Å². The largest absolute Gasteiger partial charge is 0.465 e. The number of halogens is 1. The molecule has 1 amide bonds. The Bertz CT molecular complexity index is 800. The Morgan fingerprint density at radius 3 is 2.81 bits per heavy atom. The number of rotatable bonds is 8. The normalized spacial score (nSPS) is 18.2. The van der Waals surface area contributed by atoms with Crippen LogP contribution < -0.4 is 10.5 Å². The van der Waals surface area contributed by atoms with Crippen LogP contribution in [0.3, 0.4) is 0 Å². The van der Waals surface area contributed by atoms with Crippen molar-refractivity contribution in [2.45, 2.75) is 24.2 Å². The first-order chi connectivity index (χ1) is 12.7. The zero-order valence-electron chi connectivity index (χ0n) is 15.1. The lowest BCUT2D eigenvalue weighted by Crippen LogP contribution is -2.42. The van der Waals surface area contributed by atoms with Crippen molar-refractivity contribution in [2.24, 2.45) is 11.7 Å². The SMILES string of the molecule is COC(=O)c1cc(S(=O)(=O)NCCCN2CCCC(C(N)=O)C2)ccc1Br. The second-order valence-electron chi connectivity index (χ2n) is 6.43. The quantitative estimate of drug-likeness (QED) is 0.441. The van der Waals surface area contributed by atoms with E-state index in [2.05, 4.69) is 30.3 Å². The number of nitrogens with zero attached hydrogens (tertiary/aromatic N) is 1. The Morgan fingerprint density at radius 1 is 1.41 bits per heavy atom. The van der Waals surface area contributed by atoms with Gasteiger partial charge in [-0.25, -0.2) is 17.9 Å². The molecule has 27 heavy (non-hydrogen) atoms. The van der Waals surface area contributed by atoms with E-state index < -0.39 is 16.0 Å². The molecule has 10 heteroatoms. The van der Waals surface area contributed by atoms with Crippen LogP contribution in [0.4, 0.5) is 0 Å². The Labute approximate surface area is 167 Å². The number of nitrogens with two attached hydrogens (primary N) is 1. The molecule has 8 nitrogen and oxygen atoms in total. The molecule has 1 atom stereocenters. The highest BCUT2D eigenvalue weighted by Gasteiger charge is 2.24. The molecular weight excluding hydrogens is 438 g/mol. The summed E-state index contributed by atoms with van der Waals surface area (Å²) in [6.45, 7) is 2.44. The molecule has 0 bridgehead atoms. The summed E-state index contributed by atoms with van der Waals surface area (Å²) in [7, 11) is -2.51. The summed E-state index contributed by atoms with van der Waals surface area (Å²) >= 11 is 3.21. The standard InChI is InChI=1S/C17H24BrN3O5S/c1-26-17(23)14-10-13(5-6-15(14)18)27(24,25)20-7-3-9-21-8-2-4-12(11-21)16(19)22/h5-6,10,12,20H,2-4,7-9,11H2,1H3,(H2,19,22). The molecule has 0 spiro atoms. The van der Waals surface area contributed by atoms with E-state index in [0.717, 1.165) is 19.4 Å². The average Bonchev–Trinajstić information content (AvgIpc) is 2.65. The number of ether oxygens (including phenoxy) is 1. The average molecular weight is 462 g/mol. The van der Waals surface area contributed by atoms with E-state index in [4.69, 9.17) is 5.73 Å². The number of esters is 1. The number of likely N-dealkylation sites (tertiary alicyclic amines) is 1. The summed E-state index contributed by atoms with van der Waals surface area (Å²) in [5.74, 6) is -1.03. The summed E-state index contributed by atoms with van der Waals surface area (Å²) in [5.41, 5.74) is 5.51. The summed E-state index contributed by atoms with van der Waals surface area (Å²) < 4.78 is 32.5. The lowest BCUT2D eigenvalue weighted by Gasteiger charge is -2.31. The number of hydrogen-bond acceptors (Lipinski definition) is 6. The fourth-order valence-electron chi connectivity index (χ4n) is 3.02. The minimum absolute atomic E-state index is 0.00198. The zero-order valence-corrected chi connectivity index (χ0v) is 17.5. The summed E-state index contributed by atoms with van der Waals surface area (Å²) in [6, 6.07) is 4.19. The van der Waals surface area contributed by atoms with Gasteiger partial charge >= 0.3 is 5.97 Å². The second-order valence-corrected chi connectivity index (χ2v) is 9.05. The first kappa shape index (κ1) is 21.8. The molecular formula is C17H24BrN3O5S. The van der Waals surface area contributed by atoms with Crippen molar-refractivity contribution in [3.05, 3.63) is 28.2 Å². The smallest absolute Gasteiger partial charge is 0.339 e. The molecule has 0 radical (unpaired) electrons. The van der Waals surface area contributed by atoms with Gasteiger partial charge in [-0.15, -0.1) is 0 Å². The van der Waals surface area contributed by atoms with Crippen LogP contribution in [0.25, 0.3) is 0 Å². The molecule has 1 fully saturated rings. The van der Waals surface area contributed by atoms with Gasteiger partial charge < -0.3 is 15.4 Å². The van der Waals surface area contributed by atoms with Crippen molar-refractivity contribution >= 4 is 37.8 Å². The number of benzene rings is 1. The highest BCUT2D eigenvalue weighted by Crippen LogP contribution is 2.22. The van der Waals surface area contributed by atoms with Gasteiger partial charge in [0.15, 0.2) is 0 Å². The lowest BCUT2D eigenvalue weighted by molar-refractivity contribution is -0.123. The number of primary amides is 1. The number of sulfonamides is 1. The molecule has 1 aliphatic heterocycles. The Kier molecular flexibility index (Phi) is 7.78. The highest BCUT2D eigenvalue weighted by molar-refractivity contribution is 9.10. The third-order valence-corrected chi connectivity index (χ3v) is 6.65. The molecule has 1 aromatic carbocycles. The molecule has 1 heterocycles. The molecule has 3 N–H and O–H groups in total. The molecule has 150 valence electrons. The van der Waals surface area contributed by atoms with E-state index in [1.54, 1.807) is 0 Å². The van der Waals surface area contributed by atoms with Crippen molar-refractivity contribution in [3.63, 3.8) is 0 Å². The monoisotopic (exact) mass is 461 g/mol. The maximum absolute atomic E-state index is 12.4. The van der Waals surface area contributed by atoms with Gasteiger partial charge in [-0.05, 0) is 66.5 Å². The number of carbonyl (C=O) groups excluding carboxylic acids is 2. The Morgan fingerprint density at radius 2 is 2.15 bits per heavy atom. The third-order valence-electron chi connectivity index (χ3n) is 4.50. The summed E-state index contributed by atoms with van der Waals surface area (Å²) in [6.07, 6.45) is 2.32. The van der Waals surface area contributed by atoms with Crippen LogP contribution >= 0.6 is 15.9 Å². The van der Waals surface area contributed by atoms with Gasteiger partial charge in [0.05, 0.1) is 23.5 Å². The minimum atomic E-state index is -3.74. The Hall–Kier alpha value is -1.49. The van der Waals surface area contributed by atoms with Crippen molar-refractivity contribution in [1.29, 1.82) is 0 Å². The van der Waals surface area contributed by atoms with Gasteiger partial charge in [-0.2, -0.15) is 0 Å². The summed E-state index contributed by atoms with van der Waals surface area (Å²) in [4.78, 5) is 25.1. The van der Waals surface area contributed by atoms with E-state index in [9.17, 15) is 18.0 Å². The van der Waals surface area contributed by atoms with Crippen LogP contribution in [0.15, 0.2) is 27.6 Å². The van der Waals surface area contributed by atoms with E-state index in [1.165, 1.54) is 25.3 Å². The number of piperidine rings is 1. The van der Waals surface area contributed by atoms with E-state index in [-0.39, 0.29) is 28.8 Å². The van der Waals surface area contributed by atoms with Gasteiger partial charge in [-0.3, -0.25) is 4.79 Å². The van der Waals surface area contributed by atoms with Crippen molar-refractivity contribution in [1.82, 2.24) is 9.62 Å². The van der Waals surface area contributed by atoms with E-state index in [1.807, 2.05) is 0 Å². The Balaban J connectivity index is 1.90. The minimum Gasteiger partial charge on any atom is -0.465 e. The number of hydrogen-bond donors (Lipinski definition) is 2. The van der Waals surface area contributed by atoms with E-state index in [0.29, 0.717) is 24.0 Å². The highest BCUT2D eigenvalue weighted by atomic mass is 79.9. The fourth-order valence-corrected chi connectivity index (χ4v) is 4.53. The van der Waals surface area contributed by atoms with Crippen LogP contribution in [-0.4, -0.2) is 58.5 Å². The molecule has 0 aromatic heterocycles. The zero-order chi connectivity index (χ0) is 20.0. The van der Waals surface area contributed by atoms with Crippen molar-refractivity contribution < 1.29 is 22.7 Å². The van der Waals surface area contributed by atoms with Crippen LogP contribution in [0, 0.1) is 5.92 Å². The third kappa shape index (κ3) is 6.00. The molecule has 1 aliphatic rings. The number of amides is 1. The second kappa shape index (κ2) is 9.63. The van der Waals surface area contributed by atoms with Crippen LogP contribution in [0.5, 0.6) is 0 Å². The maximum Gasteiger partial charge on any atom is 0.339 e. The van der Waals surface area contributed by atoms with Crippen LogP contribution in [0.2, 0.25) is 0 Å². The van der Waals surface area contributed by atoms with Gasteiger partial charge in [0, 0.05) is 17.6 Å². The van der Waals surface area contributed by atoms with Gasteiger partial charge in [0.25, 0.3) is 0 Å². The number of carbonyl (C=O) groups is 2. The van der Waals surface area contributed by atoms with Crippen molar-refractivity contribution in [3.8, 4) is 0 Å². The van der Waals surface area contributed by atoms with Crippen LogP contribution in [-0.2, 0) is 19.6 Å². The number of nitrogens with one attached hydrogen (secondary N) is 1. The predicted octanol–water partition coefficient (Wildman–Crippen LogP) is 1.10. The molecule has 1 aromatic rings.